The molecule has 1 N–H and O–H groups in total. The van der Waals surface area contributed by atoms with E-state index in [0.717, 1.165) is 6.07 Å². The van der Waals surface area contributed by atoms with Gasteiger partial charge in [0.2, 0.25) is 10.0 Å². The zero-order chi connectivity index (χ0) is 20.3. The van der Waals surface area contributed by atoms with E-state index in [0.29, 0.717) is 37.6 Å². The smallest absolute Gasteiger partial charge is 0.294 e. The minimum Gasteiger partial charge on any atom is -0.497 e. The molecule has 1 aliphatic heterocycles. The van der Waals surface area contributed by atoms with Crippen LogP contribution in [0.4, 0.5) is 17.1 Å². The van der Waals surface area contributed by atoms with Crippen molar-refractivity contribution in [3.05, 3.63) is 52.6 Å². The molecule has 0 aromatic heterocycles. The number of hydrogen-bond donors (Lipinski definition) is 1. The summed E-state index contributed by atoms with van der Waals surface area (Å²) in [5, 5.41) is 14.5. The number of rotatable bonds is 6. The van der Waals surface area contributed by atoms with E-state index in [-0.39, 0.29) is 16.3 Å². The molecule has 0 atom stereocenters. The lowest BCUT2D eigenvalue weighted by molar-refractivity contribution is -0.384. The second-order valence-corrected chi connectivity index (χ2v) is 8.43. The highest BCUT2D eigenvalue weighted by atomic mass is 32.2. The first-order valence-electron chi connectivity index (χ1n) is 8.69. The van der Waals surface area contributed by atoms with Crippen molar-refractivity contribution in [3.8, 4) is 5.75 Å². The van der Waals surface area contributed by atoms with E-state index in [1.165, 1.54) is 16.4 Å². The van der Waals surface area contributed by atoms with E-state index < -0.39 is 14.9 Å². The van der Waals surface area contributed by atoms with E-state index in [1.54, 1.807) is 31.4 Å². The van der Waals surface area contributed by atoms with Crippen molar-refractivity contribution in [2.24, 2.45) is 0 Å². The Kier molecular flexibility index (Phi) is 5.82. The van der Waals surface area contributed by atoms with Gasteiger partial charge < -0.3 is 15.0 Å². The minimum absolute atomic E-state index is 0.0796. The highest BCUT2D eigenvalue weighted by Gasteiger charge is 2.29. The van der Waals surface area contributed by atoms with Crippen LogP contribution in [0, 0.1) is 10.1 Å². The number of anilines is 2. The minimum atomic E-state index is -3.78. The summed E-state index contributed by atoms with van der Waals surface area (Å²) in [5.41, 5.74) is 0.539. The summed E-state index contributed by atoms with van der Waals surface area (Å²) in [6, 6.07) is 10.8. The lowest BCUT2D eigenvalue weighted by Crippen LogP contribution is -2.47. The van der Waals surface area contributed by atoms with Gasteiger partial charge in [-0.2, -0.15) is 4.31 Å². The summed E-state index contributed by atoms with van der Waals surface area (Å²) >= 11 is 0. The lowest BCUT2D eigenvalue weighted by atomic mass is 10.2. The average Bonchev–Trinajstić information content (AvgIpc) is 2.69. The van der Waals surface area contributed by atoms with Gasteiger partial charge in [-0.1, -0.05) is 0 Å². The molecule has 3 rings (SSSR count). The van der Waals surface area contributed by atoms with Crippen molar-refractivity contribution < 1.29 is 18.1 Å². The highest BCUT2D eigenvalue weighted by molar-refractivity contribution is 7.89. The summed E-state index contributed by atoms with van der Waals surface area (Å²) in [6.07, 6.45) is 0. The molecule has 9 nitrogen and oxygen atoms in total. The molecule has 0 aliphatic carbocycles. The summed E-state index contributed by atoms with van der Waals surface area (Å²) in [5.74, 6) is 0.661. The highest BCUT2D eigenvalue weighted by Crippen LogP contribution is 2.32. The molecular formula is C18H22N4O5S. The third kappa shape index (κ3) is 4.24. The van der Waals surface area contributed by atoms with Crippen molar-refractivity contribution in [1.82, 2.24) is 9.21 Å². The van der Waals surface area contributed by atoms with E-state index in [9.17, 15) is 18.5 Å². The van der Waals surface area contributed by atoms with Crippen LogP contribution in [-0.2, 0) is 10.0 Å². The zero-order valence-electron chi connectivity index (χ0n) is 15.7. The molecule has 1 fully saturated rings. The number of benzene rings is 2. The molecule has 1 aliphatic rings. The van der Waals surface area contributed by atoms with Crippen LogP contribution in [0.15, 0.2) is 47.4 Å². The zero-order valence-corrected chi connectivity index (χ0v) is 16.5. The van der Waals surface area contributed by atoms with Crippen molar-refractivity contribution in [3.63, 3.8) is 0 Å². The van der Waals surface area contributed by atoms with Gasteiger partial charge in [0.05, 0.1) is 16.9 Å². The number of piperazine rings is 1. The molecular weight excluding hydrogens is 384 g/mol. The number of nitrogens with zero attached hydrogens (tertiary/aromatic N) is 3. The second kappa shape index (κ2) is 8.13. The fourth-order valence-electron chi connectivity index (χ4n) is 2.94. The lowest BCUT2D eigenvalue weighted by Gasteiger charge is -2.31. The predicted octanol–water partition coefficient (Wildman–Crippen LogP) is 2.28. The Hall–Kier alpha value is -2.69. The maximum atomic E-state index is 12.9. The number of methoxy groups -OCH3 is 1. The fourth-order valence-corrected chi connectivity index (χ4v) is 4.38. The molecule has 2 aromatic rings. The SMILES string of the molecule is COc1ccc(Nc2ccc(S(=O)(=O)N3CCN(C)CC3)cc2[N+](=O)[O-])cc1. The number of nitrogens with one attached hydrogen (secondary N) is 1. The van der Waals surface area contributed by atoms with E-state index >= 15 is 0 Å². The topological polar surface area (TPSA) is 105 Å². The Morgan fingerprint density at radius 2 is 1.71 bits per heavy atom. The first-order valence-corrected chi connectivity index (χ1v) is 10.1. The van der Waals surface area contributed by atoms with Gasteiger partial charge in [0.1, 0.15) is 11.4 Å². The largest absolute Gasteiger partial charge is 0.497 e. The van der Waals surface area contributed by atoms with Crippen LogP contribution in [0.5, 0.6) is 5.75 Å². The average molecular weight is 406 g/mol. The van der Waals surface area contributed by atoms with Crippen molar-refractivity contribution >= 4 is 27.1 Å². The molecule has 0 amide bonds. The standard InChI is InChI=1S/C18H22N4O5S/c1-20-9-11-21(12-10-20)28(25,26)16-7-8-17(18(13-16)22(23)24)19-14-3-5-15(27-2)6-4-14/h3-8,13,19H,9-12H2,1-2H3. The van der Waals surface area contributed by atoms with Crippen LogP contribution >= 0.6 is 0 Å². The van der Waals surface area contributed by atoms with Crippen LogP contribution in [-0.4, -0.2) is 62.9 Å². The number of likely N-dealkylation sites (N-methyl/N-ethyl adjacent to an activating group) is 1. The number of nitro benzene ring substituents is 1. The number of hydrogen-bond acceptors (Lipinski definition) is 7. The molecule has 0 unspecified atom stereocenters. The quantitative estimate of drug-likeness (QED) is 0.579. The van der Waals surface area contributed by atoms with Crippen molar-refractivity contribution in [2.75, 3.05) is 45.7 Å². The monoisotopic (exact) mass is 406 g/mol. The molecule has 1 heterocycles. The molecule has 0 saturated carbocycles. The molecule has 10 heteroatoms. The van der Waals surface area contributed by atoms with Crippen molar-refractivity contribution in [2.45, 2.75) is 4.90 Å². The summed E-state index contributed by atoms with van der Waals surface area (Å²) in [6.45, 7) is 1.97. The van der Waals surface area contributed by atoms with Gasteiger partial charge in [0.15, 0.2) is 0 Å². The van der Waals surface area contributed by atoms with Crippen LogP contribution < -0.4 is 10.1 Å². The maximum Gasteiger partial charge on any atom is 0.294 e. The van der Waals surface area contributed by atoms with Gasteiger partial charge in [0, 0.05) is 37.9 Å². The Morgan fingerprint density at radius 1 is 1.07 bits per heavy atom. The van der Waals surface area contributed by atoms with Gasteiger partial charge >= 0.3 is 0 Å². The maximum absolute atomic E-state index is 12.9. The van der Waals surface area contributed by atoms with E-state index in [4.69, 9.17) is 4.74 Å². The van der Waals surface area contributed by atoms with Crippen molar-refractivity contribution in [1.29, 1.82) is 0 Å². The normalized spacial score (nSPS) is 15.9. The number of ether oxygens (including phenoxy) is 1. The van der Waals surface area contributed by atoms with Gasteiger partial charge in [0.25, 0.3) is 5.69 Å². The molecule has 0 radical (unpaired) electrons. The third-order valence-electron chi connectivity index (χ3n) is 4.63. The van der Waals surface area contributed by atoms with Gasteiger partial charge in [-0.05, 0) is 43.4 Å². The van der Waals surface area contributed by atoms with Crippen LogP contribution in [0.2, 0.25) is 0 Å². The molecule has 2 aromatic carbocycles. The first kappa shape index (κ1) is 20.1. The number of sulfonamides is 1. The molecule has 28 heavy (non-hydrogen) atoms. The van der Waals surface area contributed by atoms with Gasteiger partial charge in [-0.15, -0.1) is 0 Å². The Bertz CT molecular complexity index is 954. The summed E-state index contributed by atoms with van der Waals surface area (Å²) in [4.78, 5) is 12.9. The first-order chi connectivity index (χ1) is 13.3. The summed E-state index contributed by atoms with van der Waals surface area (Å²) in [7, 11) is -0.309. The van der Waals surface area contributed by atoms with E-state index in [2.05, 4.69) is 5.32 Å². The second-order valence-electron chi connectivity index (χ2n) is 6.50. The Balaban J connectivity index is 1.89. The summed E-state index contributed by atoms with van der Waals surface area (Å²) < 4.78 is 32.2. The van der Waals surface area contributed by atoms with Gasteiger partial charge in [-0.25, -0.2) is 8.42 Å². The van der Waals surface area contributed by atoms with Gasteiger partial charge in [-0.3, -0.25) is 10.1 Å². The van der Waals surface area contributed by atoms with Crippen LogP contribution in [0.3, 0.4) is 0 Å². The molecule has 1 saturated heterocycles. The molecule has 0 spiro atoms. The fraction of sp³-hybridized carbons (Fsp3) is 0.333. The van der Waals surface area contributed by atoms with Crippen LogP contribution in [0.1, 0.15) is 0 Å². The third-order valence-corrected chi connectivity index (χ3v) is 6.53. The van der Waals surface area contributed by atoms with Crippen LogP contribution in [0.25, 0.3) is 0 Å². The molecule has 150 valence electrons. The molecule has 0 bridgehead atoms. The predicted molar refractivity (Wildman–Crippen MR) is 106 cm³/mol. The Morgan fingerprint density at radius 3 is 2.29 bits per heavy atom. The number of nitro groups is 1. The van der Waals surface area contributed by atoms with E-state index in [1.807, 2.05) is 11.9 Å². The Labute approximate surface area is 163 Å².